The molecular weight excluding hydrogens is 202 g/mol. The molecule has 0 aromatic carbocycles. The molecule has 0 atom stereocenters. The molecule has 0 spiro atoms. The SMILES string of the molecule is CCNc1ccc(C(=O)NCC(C)C)nc1. The summed E-state index contributed by atoms with van der Waals surface area (Å²) < 4.78 is 0. The monoisotopic (exact) mass is 221 g/mol. The first-order chi connectivity index (χ1) is 7.63. The largest absolute Gasteiger partial charge is 0.384 e. The quantitative estimate of drug-likeness (QED) is 0.798. The van der Waals surface area contributed by atoms with E-state index in [2.05, 4.69) is 29.5 Å². The Bertz CT molecular complexity index is 333. The van der Waals surface area contributed by atoms with E-state index in [1.807, 2.05) is 13.0 Å². The normalized spacial score (nSPS) is 10.2. The smallest absolute Gasteiger partial charge is 0.269 e. The predicted molar refractivity (Wildman–Crippen MR) is 65.6 cm³/mol. The van der Waals surface area contributed by atoms with Crippen LogP contribution in [0.5, 0.6) is 0 Å². The van der Waals surface area contributed by atoms with Crippen molar-refractivity contribution in [2.45, 2.75) is 20.8 Å². The van der Waals surface area contributed by atoms with Crippen molar-refractivity contribution >= 4 is 11.6 Å². The minimum atomic E-state index is -0.114. The van der Waals surface area contributed by atoms with Crippen molar-refractivity contribution in [2.75, 3.05) is 18.4 Å². The molecule has 1 aromatic rings. The van der Waals surface area contributed by atoms with E-state index in [0.29, 0.717) is 18.2 Å². The Kier molecular flexibility index (Phi) is 4.76. The van der Waals surface area contributed by atoms with Crippen LogP contribution >= 0.6 is 0 Å². The van der Waals surface area contributed by atoms with Crippen molar-refractivity contribution in [3.8, 4) is 0 Å². The molecule has 4 nitrogen and oxygen atoms in total. The average Bonchev–Trinajstić information content (AvgIpc) is 2.27. The molecule has 0 bridgehead atoms. The predicted octanol–water partition coefficient (Wildman–Crippen LogP) is 1.90. The lowest BCUT2D eigenvalue weighted by molar-refractivity contribution is 0.0944. The minimum absolute atomic E-state index is 0.114. The van der Waals surface area contributed by atoms with Gasteiger partial charge in [0.25, 0.3) is 5.91 Å². The Labute approximate surface area is 96.5 Å². The van der Waals surface area contributed by atoms with Crippen LogP contribution in [-0.4, -0.2) is 24.0 Å². The summed E-state index contributed by atoms with van der Waals surface area (Å²) in [5, 5.41) is 5.96. The van der Waals surface area contributed by atoms with Crippen LogP contribution in [0.1, 0.15) is 31.3 Å². The number of aromatic nitrogens is 1. The van der Waals surface area contributed by atoms with Crippen LogP contribution < -0.4 is 10.6 Å². The van der Waals surface area contributed by atoms with Gasteiger partial charge in [0.1, 0.15) is 5.69 Å². The van der Waals surface area contributed by atoms with Gasteiger partial charge in [0.2, 0.25) is 0 Å². The lowest BCUT2D eigenvalue weighted by atomic mass is 10.2. The van der Waals surface area contributed by atoms with Gasteiger partial charge in [0.05, 0.1) is 11.9 Å². The van der Waals surface area contributed by atoms with Gasteiger partial charge in [-0.25, -0.2) is 4.98 Å². The van der Waals surface area contributed by atoms with Crippen molar-refractivity contribution in [1.29, 1.82) is 0 Å². The van der Waals surface area contributed by atoms with Crippen LogP contribution in [-0.2, 0) is 0 Å². The molecule has 0 radical (unpaired) electrons. The Balaban J connectivity index is 2.56. The van der Waals surface area contributed by atoms with Gasteiger partial charge >= 0.3 is 0 Å². The first-order valence-corrected chi connectivity index (χ1v) is 5.61. The molecule has 0 aliphatic rings. The molecule has 0 unspecified atom stereocenters. The molecule has 1 amide bonds. The average molecular weight is 221 g/mol. The van der Waals surface area contributed by atoms with Crippen LogP contribution in [0.15, 0.2) is 18.3 Å². The zero-order valence-electron chi connectivity index (χ0n) is 10.1. The van der Waals surface area contributed by atoms with Crippen LogP contribution in [0.4, 0.5) is 5.69 Å². The molecule has 1 aromatic heterocycles. The zero-order valence-corrected chi connectivity index (χ0v) is 10.1. The topological polar surface area (TPSA) is 54.0 Å². The second-order valence-corrected chi connectivity index (χ2v) is 4.07. The van der Waals surface area contributed by atoms with Gasteiger partial charge in [-0.2, -0.15) is 0 Å². The number of nitrogens with one attached hydrogen (secondary N) is 2. The number of hydrogen-bond acceptors (Lipinski definition) is 3. The standard InChI is InChI=1S/C12H19N3O/c1-4-13-10-5-6-11(14-8-10)12(16)15-7-9(2)3/h5-6,8-9,13H,4,7H2,1-3H3,(H,15,16). The molecule has 16 heavy (non-hydrogen) atoms. The minimum Gasteiger partial charge on any atom is -0.384 e. The van der Waals surface area contributed by atoms with E-state index in [-0.39, 0.29) is 5.91 Å². The highest BCUT2D eigenvalue weighted by Crippen LogP contribution is 2.05. The second-order valence-electron chi connectivity index (χ2n) is 4.07. The Morgan fingerprint density at radius 2 is 2.19 bits per heavy atom. The van der Waals surface area contributed by atoms with Gasteiger partial charge in [-0.3, -0.25) is 4.79 Å². The number of carbonyl (C=O) groups is 1. The molecular formula is C12H19N3O. The maximum Gasteiger partial charge on any atom is 0.269 e. The maximum absolute atomic E-state index is 11.6. The Hall–Kier alpha value is -1.58. The number of amides is 1. The lowest BCUT2D eigenvalue weighted by Gasteiger charge is -2.07. The van der Waals surface area contributed by atoms with E-state index in [1.54, 1.807) is 12.3 Å². The summed E-state index contributed by atoms with van der Waals surface area (Å²) in [6.07, 6.45) is 1.67. The van der Waals surface area contributed by atoms with Crippen molar-refractivity contribution in [3.63, 3.8) is 0 Å². The molecule has 4 heteroatoms. The van der Waals surface area contributed by atoms with Gasteiger partial charge < -0.3 is 10.6 Å². The lowest BCUT2D eigenvalue weighted by Crippen LogP contribution is -2.27. The van der Waals surface area contributed by atoms with Crippen LogP contribution in [0.3, 0.4) is 0 Å². The van der Waals surface area contributed by atoms with Crippen LogP contribution in [0, 0.1) is 5.92 Å². The number of nitrogens with zero attached hydrogens (tertiary/aromatic N) is 1. The first kappa shape index (κ1) is 12.5. The third-order valence-electron chi connectivity index (χ3n) is 2.05. The molecule has 88 valence electrons. The van der Waals surface area contributed by atoms with Crippen molar-refractivity contribution < 1.29 is 4.79 Å². The number of carbonyl (C=O) groups excluding carboxylic acids is 1. The molecule has 1 rings (SSSR count). The molecule has 0 fully saturated rings. The van der Waals surface area contributed by atoms with E-state index in [0.717, 1.165) is 12.2 Å². The van der Waals surface area contributed by atoms with Gasteiger partial charge in [0, 0.05) is 13.1 Å². The fourth-order valence-corrected chi connectivity index (χ4v) is 1.22. The summed E-state index contributed by atoms with van der Waals surface area (Å²) in [4.78, 5) is 15.7. The molecule has 1 heterocycles. The summed E-state index contributed by atoms with van der Waals surface area (Å²) in [6.45, 7) is 7.66. The zero-order chi connectivity index (χ0) is 12.0. The van der Waals surface area contributed by atoms with Crippen LogP contribution in [0.25, 0.3) is 0 Å². The number of rotatable bonds is 5. The van der Waals surface area contributed by atoms with Crippen molar-refractivity contribution in [3.05, 3.63) is 24.0 Å². The summed E-state index contributed by atoms with van der Waals surface area (Å²) in [7, 11) is 0. The molecule has 0 aliphatic carbocycles. The Morgan fingerprint density at radius 3 is 2.69 bits per heavy atom. The third kappa shape index (κ3) is 3.88. The van der Waals surface area contributed by atoms with Gasteiger partial charge in [-0.15, -0.1) is 0 Å². The number of pyridine rings is 1. The first-order valence-electron chi connectivity index (χ1n) is 5.61. The van der Waals surface area contributed by atoms with E-state index in [1.165, 1.54) is 0 Å². The number of hydrogen-bond donors (Lipinski definition) is 2. The van der Waals surface area contributed by atoms with E-state index in [4.69, 9.17) is 0 Å². The summed E-state index contributed by atoms with van der Waals surface area (Å²) in [6, 6.07) is 3.59. The highest BCUT2D eigenvalue weighted by Gasteiger charge is 2.06. The summed E-state index contributed by atoms with van der Waals surface area (Å²) in [5.41, 5.74) is 1.39. The second kappa shape index (κ2) is 6.10. The molecule has 2 N–H and O–H groups in total. The molecule has 0 saturated carbocycles. The van der Waals surface area contributed by atoms with Gasteiger partial charge in [-0.05, 0) is 25.0 Å². The molecule has 0 aliphatic heterocycles. The fraction of sp³-hybridized carbons (Fsp3) is 0.500. The van der Waals surface area contributed by atoms with E-state index < -0.39 is 0 Å². The van der Waals surface area contributed by atoms with Crippen LogP contribution in [0.2, 0.25) is 0 Å². The van der Waals surface area contributed by atoms with E-state index in [9.17, 15) is 4.79 Å². The highest BCUT2D eigenvalue weighted by atomic mass is 16.1. The van der Waals surface area contributed by atoms with Gasteiger partial charge in [0.15, 0.2) is 0 Å². The molecule has 0 saturated heterocycles. The van der Waals surface area contributed by atoms with Crippen molar-refractivity contribution in [2.24, 2.45) is 5.92 Å². The van der Waals surface area contributed by atoms with E-state index >= 15 is 0 Å². The van der Waals surface area contributed by atoms with Gasteiger partial charge in [-0.1, -0.05) is 13.8 Å². The fourth-order valence-electron chi connectivity index (χ4n) is 1.22. The maximum atomic E-state index is 11.6. The Morgan fingerprint density at radius 1 is 1.44 bits per heavy atom. The highest BCUT2D eigenvalue weighted by molar-refractivity contribution is 5.92. The summed E-state index contributed by atoms with van der Waals surface area (Å²) in [5.74, 6) is 0.335. The third-order valence-corrected chi connectivity index (χ3v) is 2.05. The number of anilines is 1. The van der Waals surface area contributed by atoms with Crippen molar-refractivity contribution in [1.82, 2.24) is 10.3 Å². The summed E-state index contributed by atoms with van der Waals surface area (Å²) >= 11 is 0.